The van der Waals surface area contributed by atoms with E-state index in [0.717, 1.165) is 6.42 Å². The third-order valence-electron chi connectivity index (χ3n) is 3.16. The molecule has 2 N–H and O–H groups in total. The van der Waals surface area contributed by atoms with E-state index >= 15 is 0 Å². The van der Waals surface area contributed by atoms with Crippen molar-refractivity contribution < 1.29 is 4.79 Å². The quantitative estimate of drug-likeness (QED) is 0.863. The van der Waals surface area contributed by atoms with Gasteiger partial charge in [0, 0.05) is 19.1 Å². The highest BCUT2D eigenvalue weighted by Gasteiger charge is 2.28. The molecule has 0 bridgehead atoms. The number of nitrogens with two attached hydrogens (primary N) is 1. The Balaban J connectivity index is 2.26. The zero-order valence-electron chi connectivity index (χ0n) is 10.2. The highest BCUT2D eigenvalue weighted by atomic mass is 35.5. The number of carbonyl (C=O) groups excluding carboxylic acids is 1. The average Bonchev–Trinajstić information content (AvgIpc) is 2.27. The lowest BCUT2D eigenvalue weighted by molar-refractivity contribution is 0.0661. The summed E-state index contributed by atoms with van der Waals surface area (Å²) in [6.07, 6.45) is 0.944. The lowest BCUT2D eigenvalue weighted by atomic mass is 9.96. The molecule has 1 aromatic rings. The molecule has 2 unspecified atom stereocenters. The van der Waals surface area contributed by atoms with Gasteiger partial charge in [-0.15, -0.1) is 0 Å². The fourth-order valence-electron chi connectivity index (χ4n) is 2.43. The molecule has 1 saturated heterocycles. The van der Waals surface area contributed by atoms with Gasteiger partial charge in [0.25, 0.3) is 5.91 Å². The van der Waals surface area contributed by atoms with Gasteiger partial charge in [-0.1, -0.05) is 36.2 Å². The van der Waals surface area contributed by atoms with Gasteiger partial charge in [-0.25, -0.2) is 0 Å². The lowest BCUT2D eigenvalue weighted by Crippen LogP contribution is -2.48. The molecule has 0 saturated carbocycles. The molecule has 1 fully saturated rings. The number of hydrogen-bond acceptors (Lipinski definition) is 2. The minimum absolute atomic E-state index is 0.0268. The standard InChI is InChI=1S/C13H16Cl2N2O/c1-8-5-9(16)7-17(6-8)13(18)12-10(14)3-2-4-11(12)15/h2-4,8-9H,5-7,16H2,1H3. The third kappa shape index (κ3) is 2.79. The van der Waals surface area contributed by atoms with Crippen LogP contribution < -0.4 is 5.73 Å². The molecule has 2 rings (SSSR count). The lowest BCUT2D eigenvalue weighted by Gasteiger charge is -2.35. The summed E-state index contributed by atoms with van der Waals surface area (Å²) in [5, 5.41) is 0.776. The number of likely N-dealkylation sites (tertiary alicyclic amines) is 1. The van der Waals surface area contributed by atoms with Crippen molar-refractivity contribution in [3.05, 3.63) is 33.8 Å². The number of halogens is 2. The molecule has 18 heavy (non-hydrogen) atoms. The first kappa shape index (κ1) is 13.7. The van der Waals surface area contributed by atoms with Crippen LogP contribution in [-0.2, 0) is 0 Å². The Morgan fingerprint density at radius 3 is 2.50 bits per heavy atom. The second kappa shape index (κ2) is 5.47. The molecule has 3 nitrogen and oxygen atoms in total. The van der Waals surface area contributed by atoms with Crippen molar-refractivity contribution in [3.63, 3.8) is 0 Å². The Bertz CT molecular complexity index is 434. The summed E-state index contributed by atoms with van der Waals surface area (Å²) in [5.41, 5.74) is 6.32. The topological polar surface area (TPSA) is 46.3 Å². The van der Waals surface area contributed by atoms with Crippen molar-refractivity contribution in [1.29, 1.82) is 0 Å². The first-order valence-corrected chi connectivity index (χ1v) is 6.73. The third-order valence-corrected chi connectivity index (χ3v) is 3.79. The normalized spacial score (nSPS) is 24.1. The fraction of sp³-hybridized carbons (Fsp3) is 0.462. The molecule has 0 aliphatic carbocycles. The van der Waals surface area contributed by atoms with Crippen LogP contribution in [0.2, 0.25) is 10.0 Å². The molecule has 2 atom stereocenters. The van der Waals surface area contributed by atoms with Gasteiger partial charge in [0.1, 0.15) is 0 Å². The number of amides is 1. The van der Waals surface area contributed by atoms with Gasteiger partial charge in [-0.05, 0) is 24.5 Å². The average molecular weight is 287 g/mol. The van der Waals surface area contributed by atoms with Crippen LogP contribution in [0.5, 0.6) is 0 Å². The number of hydrogen-bond donors (Lipinski definition) is 1. The van der Waals surface area contributed by atoms with Crippen molar-refractivity contribution in [2.24, 2.45) is 11.7 Å². The van der Waals surface area contributed by atoms with E-state index in [1.165, 1.54) is 0 Å². The monoisotopic (exact) mass is 286 g/mol. The number of nitrogens with zero attached hydrogens (tertiary/aromatic N) is 1. The summed E-state index contributed by atoms with van der Waals surface area (Å²) in [4.78, 5) is 14.2. The minimum Gasteiger partial charge on any atom is -0.337 e. The van der Waals surface area contributed by atoms with Crippen molar-refractivity contribution in [1.82, 2.24) is 4.90 Å². The molecular weight excluding hydrogens is 271 g/mol. The molecule has 98 valence electrons. The summed E-state index contributed by atoms with van der Waals surface area (Å²) in [5.74, 6) is 0.270. The minimum atomic E-state index is -0.132. The highest BCUT2D eigenvalue weighted by Crippen LogP contribution is 2.27. The Morgan fingerprint density at radius 2 is 1.94 bits per heavy atom. The molecule has 1 heterocycles. The molecular formula is C13H16Cl2N2O. The predicted octanol–water partition coefficient (Wildman–Crippen LogP) is 2.80. The Hall–Kier alpha value is -0.770. The van der Waals surface area contributed by atoms with Crippen molar-refractivity contribution in [2.75, 3.05) is 13.1 Å². The first-order chi connectivity index (χ1) is 8.49. The second-order valence-electron chi connectivity index (χ2n) is 4.91. The maximum atomic E-state index is 12.4. The zero-order chi connectivity index (χ0) is 13.3. The Morgan fingerprint density at radius 1 is 1.33 bits per heavy atom. The van der Waals surface area contributed by atoms with Crippen LogP contribution in [0.15, 0.2) is 18.2 Å². The van der Waals surface area contributed by atoms with Gasteiger partial charge < -0.3 is 10.6 Å². The number of benzene rings is 1. The van der Waals surface area contributed by atoms with Crippen LogP contribution in [0.4, 0.5) is 0 Å². The molecule has 0 aromatic heterocycles. The van der Waals surface area contributed by atoms with Crippen molar-refractivity contribution >= 4 is 29.1 Å². The fourth-order valence-corrected chi connectivity index (χ4v) is 2.98. The van der Waals surface area contributed by atoms with Crippen LogP contribution in [0.3, 0.4) is 0 Å². The molecule has 0 spiro atoms. The van der Waals surface area contributed by atoms with E-state index in [4.69, 9.17) is 28.9 Å². The van der Waals surface area contributed by atoms with Crippen LogP contribution in [0.1, 0.15) is 23.7 Å². The maximum Gasteiger partial charge on any atom is 0.256 e. The van der Waals surface area contributed by atoms with Crippen LogP contribution >= 0.6 is 23.2 Å². The van der Waals surface area contributed by atoms with Gasteiger partial charge in [-0.2, -0.15) is 0 Å². The predicted molar refractivity (Wildman–Crippen MR) is 74.1 cm³/mol. The summed E-state index contributed by atoms with van der Waals surface area (Å²) < 4.78 is 0. The molecule has 1 amide bonds. The highest BCUT2D eigenvalue weighted by molar-refractivity contribution is 6.39. The second-order valence-corrected chi connectivity index (χ2v) is 5.72. The van der Waals surface area contributed by atoms with Gasteiger partial charge in [0.15, 0.2) is 0 Å². The van der Waals surface area contributed by atoms with Gasteiger partial charge in [0.2, 0.25) is 0 Å². The van der Waals surface area contributed by atoms with Gasteiger partial charge >= 0.3 is 0 Å². The van der Waals surface area contributed by atoms with E-state index < -0.39 is 0 Å². The summed E-state index contributed by atoms with van der Waals surface area (Å²) in [7, 11) is 0. The van der Waals surface area contributed by atoms with Crippen LogP contribution in [-0.4, -0.2) is 29.9 Å². The first-order valence-electron chi connectivity index (χ1n) is 5.98. The number of piperidine rings is 1. The van der Waals surface area contributed by atoms with E-state index in [0.29, 0.717) is 34.6 Å². The van der Waals surface area contributed by atoms with Crippen molar-refractivity contribution in [3.8, 4) is 0 Å². The van der Waals surface area contributed by atoms with Gasteiger partial charge in [0.05, 0.1) is 15.6 Å². The van der Waals surface area contributed by atoms with E-state index in [9.17, 15) is 4.79 Å². The van der Waals surface area contributed by atoms with E-state index in [1.54, 1.807) is 23.1 Å². The number of carbonyl (C=O) groups is 1. The zero-order valence-corrected chi connectivity index (χ0v) is 11.7. The molecule has 1 aromatic carbocycles. The molecule has 1 aliphatic rings. The number of rotatable bonds is 1. The Labute approximate surface area is 117 Å². The maximum absolute atomic E-state index is 12.4. The van der Waals surface area contributed by atoms with Crippen LogP contribution in [0, 0.1) is 5.92 Å². The van der Waals surface area contributed by atoms with Crippen LogP contribution in [0.25, 0.3) is 0 Å². The molecule has 1 aliphatic heterocycles. The van der Waals surface area contributed by atoms with Crippen molar-refractivity contribution in [2.45, 2.75) is 19.4 Å². The largest absolute Gasteiger partial charge is 0.337 e. The SMILES string of the molecule is CC1CC(N)CN(C(=O)c2c(Cl)cccc2Cl)C1. The molecule has 5 heteroatoms. The van der Waals surface area contributed by atoms with Gasteiger partial charge in [-0.3, -0.25) is 4.79 Å². The molecule has 0 radical (unpaired) electrons. The van der Waals surface area contributed by atoms with E-state index in [2.05, 4.69) is 6.92 Å². The van der Waals surface area contributed by atoms with E-state index in [-0.39, 0.29) is 11.9 Å². The smallest absolute Gasteiger partial charge is 0.256 e. The summed E-state index contributed by atoms with van der Waals surface area (Å²) in [6, 6.07) is 5.10. The summed E-state index contributed by atoms with van der Waals surface area (Å²) >= 11 is 12.1. The Kier molecular flexibility index (Phi) is 4.15. The van der Waals surface area contributed by atoms with E-state index in [1.807, 2.05) is 0 Å². The summed E-state index contributed by atoms with van der Waals surface area (Å²) in [6.45, 7) is 3.35.